The standard InChI is InChI=1S/C12H17NO2S/c1-10-2-4-11(5-3-10)16(14,15)9-8-12(13)6-7-12/h2-5H,6-9,13H2,1H3. The molecule has 2 N–H and O–H groups in total. The van der Waals surface area contributed by atoms with Crippen LogP contribution in [0.15, 0.2) is 29.2 Å². The van der Waals surface area contributed by atoms with Crippen molar-refractivity contribution < 1.29 is 8.42 Å². The lowest BCUT2D eigenvalue weighted by atomic mass is 10.2. The Morgan fingerprint density at radius 1 is 1.25 bits per heavy atom. The van der Waals surface area contributed by atoms with E-state index in [0.29, 0.717) is 11.3 Å². The molecule has 0 bridgehead atoms. The number of hydrogen-bond acceptors (Lipinski definition) is 3. The van der Waals surface area contributed by atoms with Gasteiger partial charge in [-0.05, 0) is 38.3 Å². The van der Waals surface area contributed by atoms with Crippen molar-refractivity contribution in [1.82, 2.24) is 0 Å². The summed E-state index contributed by atoms with van der Waals surface area (Å²) in [5, 5.41) is 0. The third kappa shape index (κ3) is 2.62. The summed E-state index contributed by atoms with van der Waals surface area (Å²) in [5.74, 6) is 0.159. The van der Waals surface area contributed by atoms with Crippen molar-refractivity contribution in [2.75, 3.05) is 5.75 Å². The van der Waals surface area contributed by atoms with Gasteiger partial charge < -0.3 is 5.73 Å². The molecule has 4 heteroatoms. The first-order valence-corrected chi connectivity index (χ1v) is 7.15. The highest BCUT2D eigenvalue weighted by Crippen LogP contribution is 2.36. The molecular weight excluding hydrogens is 222 g/mol. The molecule has 0 atom stereocenters. The molecule has 1 aliphatic carbocycles. The molecule has 3 nitrogen and oxygen atoms in total. The quantitative estimate of drug-likeness (QED) is 0.869. The summed E-state index contributed by atoms with van der Waals surface area (Å²) in [6.07, 6.45) is 2.48. The molecule has 0 amide bonds. The molecule has 0 saturated heterocycles. The number of benzene rings is 1. The smallest absolute Gasteiger partial charge is 0.178 e. The maximum absolute atomic E-state index is 12.0. The Morgan fingerprint density at radius 3 is 2.31 bits per heavy atom. The molecule has 1 fully saturated rings. The van der Waals surface area contributed by atoms with E-state index in [0.717, 1.165) is 18.4 Å². The van der Waals surface area contributed by atoms with Crippen LogP contribution in [0.5, 0.6) is 0 Å². The van der Waals surface area contributed by atoms with Crippen LogP contribution in [-0.4, -0.2) is 19.7 Å². The Labute approximate surface area is 96.6 Å². The highest BCUT2D eigenvalue weighted by molar-refractivity contribution is 7.91. The van der Waals surface area contributed by atoms with Crippen molar-refractivity contribution in [2.24, 2.45) is 5.73 Å². The van der Waals surface area contributed by atoms with Crippen molar-refractivity contribution >= 4 is 9.84 Å². The first kappa shape index (κ1) is 11.6. The van der Waals surface area contributed by atoms with Gasteiger partial charge >= 0.3 is 0 Å². The average molecular weight is 239 g/mol. The molecule has 0 aliphatic heterocycles. The molecule has 1 aromatic carbocycles. The predicted octanol–water partition coefficient (Wildman–Crippen LogP) is 1.65. The van der Waals surface area contributed by atoms with Crippen molar-refractivity contribution in [3.63, 3.8) is 0 Å². The molecule has 0 aromatic heterocycles. The van der Waals surface area contributed by atoms with Crippen LogP contribution in [0.25, 0.3) is 0 Å². The maximum Gasteiger partial charge on any atom is 0.178 e. The third-order valence-corrected chi connectivity index (χ3v) is 4.87. The zero-order chi connectivity index (χ0) is 11.8. The van der Waals surface area contributed by atoms with E-state index in [9.17, 15) is 8.42 Å². The fraction of sp³-hybridized carbons (Fsp3) is 0.500. The Hall–Kier alpha value is -0.870. The molecule has 1 aliphatic rings. The highest BCUT2D eigenvalue weighted by Gasteiger charge is 2.38. The lowest BCUT2D eigenvalue weighted by Gasteiger charge is -2.09. The van der Waals surface area contributed by atoms with Crippen LogP contribution in [0.2, 0.25) is 0 Å². The Morgan fingerprint density at radius 2 is 1.81 bits per heavy atom. The van der Waals surface area contributed by atoms with E-state index in [2.05, 4.69) is 0 Å². The van der Waals surface area contributed by atoms with E-state index in [-0.39, 0.29) is 11.3 Å². The molecule has 1 saturated carbocycles. The second-order valence-corrected chi connectivity index (χ2v) is 6.85. The van der Waals surface area contributed by atoms with Crippen molar-refractivity contribution in [1.29, 1.82) is 0 Å². The first-order chi connectivity index (χ1) is 7.41. The van der Waals surface area contributed by atoms with Crippen LogP contribution < -0.4 is 5.73 Å². The fourth-order valence-electron chi connectivity index (χ4n) is 1.61. The second-order valence-electron chi connectivity index (χ2n) is 4.74. The number of sulfone groups is 1. The second kappa shape index (κ2) is 3.86. The van der Waals surface area contributed by atoms with Crippen LogP contribution >= 0.6 is 0 Å². The van der Waals surface area contributed by atoms with Crippen LogP contribution in [0.4, 0.5) is 0 Å². The molecular formula is C12H17NO2S. The molecule has 0 radical (unpaired) electrons. The van der Waals surface area contributed by atoms with Gasteiger partial charge in [0.25, 0.3) is 0 Å². The monoisotopic (exact) mass is 239 g/mol. The summed E-state index contributed by atoms with van der Waals surface area (Å²) >= 11 is 0. The van der Waals surface area contributed by atoms with E-state index in [4.69, 9.17) is 5.73 Å². The minimum atomic E-state index is -3.15. The number of rotatable bonds is 4. The maximum atomic E-state index is 12.0. The summed E-state index contributed by atoms with van der Waals surface area (Å²) in [7, 11) is -3.15. The van der Waals surface area contributed by atoms with Crippen LogP contribution in [0, 0.1) is 6.92 Å². The molecule has 1 aromatic rings. The van der Waals surface area contributed by atoms with E-state index in [1.807, 2.05) is 19.1 Å². The van der Waals surface area contributed by atoms with Crippen molar-refractivity contribution in [2.45, 2.75) is 36.6 Å². The third-order valence-electron chi connectivity index (χ3n) is 3.14. The minimum Gasteiger partial charge on any atom is -0.325 e. The van der Waals surface area contributed by atoms with Crippen molar-refractivity contribution in [3.8, 4) is 0 Å². The zero-order valence-electron chi connectivity index (χ0n) is 9.44. The largest absolute Gasteiger partial charge is 0.325 e. The topological polar surface area (TPSA) is 60.2 Å². The van der Waals surface area contributed by atoms with Gasteiger partial charge in [-0.3, -0.25) is 0 Å². The highest BCUT2D eigenvalue weighted by atomic mass is 32.2. The van der Waals surface area contributed by atoms with Gasteiger partial charge in [-0.1, -0.05) is 17.7 Å². The summed E-state index contributed by atoms with van der Waals surface area (Å²) in [4.78, 5) is 0.405. The lowest BCUT2D eigenvalue weighted by Crippen LogP contribution is -2.25. The van der Waals surface area contributed by atoms with Gasteiger partial charge in [-0.2, -0.15) is 0 Å². The molecule has 0 heterocycles. The molecule has 2 rings (SSSR count). The predicted molar refractivity (Wildman–Crippen MR) is 64.0 cm³/mol. The van der Waals surface area contributed by atoms with Crippen LogP contribution in [0.1, 0.15) is 24.8 Å². The molecule has 0 unspecified atom stereocenters. The Bertz CT molecular complexity index is 472. The van der Waals surface area contributed by atoms with Gasteiger partial charge in [-0.15, -0.1) is 0 Å². The average Bonchev–Trinajstić information content (AvgIpc) is 2.96. The van der Waals surface area contributed by atoms with Crippen LogP contribution in [-0.2, 0) is 9.84 Å². The first-order valence-electron chi connectivity index (χ1n) is 5.50. The Kier molecular flexibility index (Phi) is 2.80. The molecule has 0 spiro atoms. The zero-order valence-corrected chi connectivity index (χ0v) is 10.3. The summed E-state index contributed by atoms with van der Waals surface area (Å²) in [6.45, 7) is 1.94. The van der Waals surface area contributed by atoms with Crippen molar-refractivity contribution in [3.05, 3.63) is 29.8 Å². The van der Waals surface area contributed by atoms with E-state index < -0.39 is 9.84 Å². The van der Waals surface area contributed by atoms with Gasteiger partial charge in [0, 0.05) is 5.54 Å². The number of aryl methyl sites for hydroxylation is 1. The van der Waals surface area contributed by atoms with E-state index in [1.54, 1.807) is 12.1 Å². The van der Waals surface area contributed by atoms with E-state index in [1.165, 1.54) is 0 Å². The molecule has 16 heavy (non-hydrogen) atoms. The molecule has 88 valence electrons. The van der Waals surface area contributed by atoms with Gasteiger partial charge in [0.2, 0.25) is 0 Å². The lowest BCUT2D eigenvalue weighted by molar-refractivity contribution is 0.579. The SMILES string of the molecule is Cc1ccc(S(=O)(=O)CCC2(N)CC2)cc1. The normalized spacial score (nSPS) is 18.4. The van der Waals surface area contributed by atoms with Gasteiger partial charge in [-0.25, -0.2) is 8.42 Å². The van der Waals surface area contributed by atoms with Crippen LogP contribution in [0.3, 0.4) is 0 Å². The summed E-state index contributed by atoms with van der Waals surface area (Å²) in [5.41, 5.74) is 6.76. The van der Waals surface area contributed by atoms with Gasteiger partial charge in [0.1, 0.15) is 0 Å². The summed E-state index contributed by atoms with van der Waals surface area (Å²) in [6, 6.07) is 6.98. The fourth-order valence-corrected chi connectivity index (χ4v) is 3.07. The summed E-state index contributed by atoms with van der Waals surface area (Å²) < 4.78 is 23.9. The van der Waals surface area contributed by atoms with Gasteiger partial charge in [0.05, 0.1) is 10.6 Å². The van der Waals surface area contributed by atoms with Gasteiger partial charge in [0.15, 0.2) is 9.84 Å². The van der Waals surface area contributed by atoms with E-state index >= 15 is 0 Å². The minimum absolute atomic E-state index is 0.159. The number of hydrogen-bond donors (Lipinski definition) is 1. The number of nitrogens with two attached hydrogens (primary N) is 1. The Balaban J connectivity index is 2.09.